The lowest BCUT2D eigenvalue weighted by molar-refractivity contribution is -0.111. The SMILES string of the molecule is C/C1=C\CC/C(COc2ccccc2O)=C\CC(C)(C)/C=C\C1=O. The van der Waals surface area contributed by atoms with E-state index in [1.54, 1.807) is 24.3 Å². The van der Waals surface area contributed by atoms with Crippen molar-refractivity contribution in [2.45, 2.75) is 40.0 Å². The summed E-state index contributed by atoms with van der Waals surface area (Å²) >= 11 is 0. The normalized spacial score (nSPS) is 24.0. The molecule has 0 saturated carbocycles. The molecule has 0 atom stereocenters. The Hall–Kier alpha value is -2.29. The van der Waals surface area contributed by atoms with Gasteiger partial charge in [0.25, 0.3) is 0 Å². The molecule has 0 aliphatic heterocycles. The Morgan fingerprint density at radius 2 is 1.96 bits per heavy atom. The van der Waals surface area contributed by atoms with Gasteiger partial charge in [-0.1, -0.05) is 44.2 Å². The minimum atomic E-state index is -0.0829. The van der Waals surface area contributed by atoms with Gasteiger partial charge in [0.15, 0.2) is 17.3 Å². The average molecular weight is 326 g/mol. The quantitative estimate of drug-likeness (QED) is 0.797. The molecule has 1 aliphatic carbocycles. The highest BCUT2D eigenvalue weighted by Crippen LogP contribution is 2.28. The van der Waals surface area contributed by atoms with Crippen molar-refractivity contribution in [3.8, 4) is 11.5 Å². The monoisotopic (exact) mass is 326 g/mol. The summed E-state index contributed by atoms with van der Waals surface area (Å²) in [7, 11) is 0. The van der Waals surface area contributed by atoms with Crippen LogP contribution in [0.1, 0.15) is 40.0 Å². The first-order chi connectivity index (χ1) is 11.4. The van der Waals surface area contributed by atoms with Gasteiger partial charge >= 0.3 is 0 Å². The zero-order chi connectivity index (χ0) is 17.6. The Bertz CT molecular complexity index is 678. The number of aromatic hydroxyl groups is 1. The first-order valence-corrected chi connectivity index (χ1v) is 8.36. The first-order valence-electron chi connectivity index (χ1n) is 8.36. The predicted octanol–water partition coefficient (Wildman–Crippen LogP) is 4.98. The summed E-state index contributed by atoms with van der Waals surface area (Å²) in [4.78, 5) is 12.0. The third-order valence-electron chi connectivity index (χ3n) is 4.19. The fraction of sp³-hybridized carbons (Fsp3) is 0.381. The van der Waals surface area contributed by atoms with E-state index in [2.05, 4.69) is 19.9 Å². The van der Waals surface area contributed by atoms with E-state index >= 15 is 0 Å². The van der Waals surface area contributed by atoms with Crippen LogP contribution in [0, 0.1) is 5.41 Å². The van der Waals surface area contributed by atoms with E-state index < -0.39 is 0 Å². The van der Waals surface area contributed by atoms with Gasteiger partial charge in [-0.2, -0.15) is 0 Å². The zero-order valence-corrected chi connectivity index (χ0v) is 14.7. The number of para-hydroxylation sites is 2. The van der Waals surface area contributed by atoms with Gasteiger partial charge in [-0.15, -0.1) is 0 Å². The molecule has 1 aromatic rings. The van der Waals surface area contributed by atoms with Crippen LogP contribution in [0.2, 0.25) is 0 Å². The molecule has 128 valence electrons. The molecule has 0 bridgehead atoms. The molecule has 0 amide bonds. The van der Waals surface area contributed by atoms with Crippen molar-refractivity contribution < 1.29 is 14.6 Å². The van der Waals surface area contributed by atoms with Crippen LogP contribution in [0.5, 0.6) is 11.5 Å². The molecule has 0 saturated heterocycles. The van der Waals surface area contributed by atoms with Gasteiger partial charge in [0, 0.05) is 0 Å². The molecular formula is C21H26O3. The smallest absolute Gasteiger partial charge is 0.180 e. The fourth-order valence-corrected chi connectivity index (χ4v) is 2.47. The Balaban J connectivity index is 2.13. The van der Waals surface area contributed by atoms with Gasteiger partial charge < -0.3 is 9.84 Å². The number of ketones is 1. The Morgan fingerprint density at radius 3 is 2.71 bits per heavy atom. The predicted molar refractivity (Wildman–Crippen MR) is 97.2 cm³/mol. The largest absolute Gasteiger partial charge is 0.504 e. The first kappa shape index (κ1) is 18.1. The molecule has 3 heteroatoms. The maximum absolute atomic E-state index is 12.0. The minimum Gasteiger partial charge on any atom is -0.504 e. The lowest BCUT2D eigenvalue weighted by Gasteiger charge is -2.19. The number of rotatable bonds is 3. The molecule has 1 aliphatic rings. The maximum atomic E-state index is 12.0. The molecule has 2 rings (SSSR count). The van der Waals surface area contributed by atoms with Crippen LogP contribution in [-0.4, -0.2) is 17.5 Å². The van der Waals surface area contributed by atoms with Crippen molar-refractivity contribution in [3.63, 3.8) is 0 Å². The second-order valence-electron chi connectivity index (χ2n) is 6.93. The Kier molecular flexibility index (Phi) is 6.02. The number of ether oxygens (including phenoxy) is 1. The summed E-state index contributed by atoms with van der Waals surface area (Å²) in [6.07, 6.45) is 10.3. The highest BCUT2D eigenvalue weighted by atomic mass is 16.5. The van der Waals surface area contributed by atoms with Gasteiger partial charge in [0.1, 0.15) is 6.61 Å². The summed E-state index contributed by atoms with van der Waals surface area (Å²) < 4.78 is 5.77. The van der Waals surface area contributed by atoms with Crippen molar-refractivity contribution in [1.29, 1.82) is 0 Å². The van der Waals surface area contributed by atoms with Crippen molar-refractivity contribution in [3.05, 3.63) is 59.7 Å². The standard InChI is InChI=1S/C21H26O3/c1-16-7-6-8-17(11-13-21(2,3)14-12-18(16)22)15-24-20-10-5-4-9-19(20)23/h4-5,7,9-12,14,23H,6,8,13,15H2,1-3H3/b14-12-,16-7+,17-11+. The van der Waals surface area contributed by atoms with Gasteiger partial charge in [-0.3, -0.25) is 4.79 Å². The molecule has 24 heavy (non-hydrogen) atoms. The number of hydrogen-bond acceptors (Lipinski definition) is 3. The van der Waals surface area contributed by atoms with Gasteiger partial charge in [0.05, 0.1) is 0 Å². The molecule has 0 fully saturated rings. The maximum Gasteiger partial charge on any atom is 0.180 e. The second-order valence-corrected chi connectivity index (χ2v) is 6.93. The zero-order valence-electron chi connectivity index (χ0n) is 14.7. The Morgan fingerprint density at radius 1 is 1.21 bits per heavy atom. The van der Waals surface area contributed by atoms with Crippen molar-refractivity contribution in [2.75, 3.05) is 6.61 Å². The number of hydrogen-bond donors (Lipinski definition) is 1. The topological polar surface area (TPSA) is 46.5 Å². The van der Waals surface area contributed by atoms with Crippen molar-refractivity contribution in [2.24, 2.45) is 5.41 Å². The summed E-state index contributed by atoms with van der Waals surface area (Å²) in [5.74, 6) is 0.727. The highest BCUT2D eigenvalue weighted by molar-refractivity contribution is 6.03. The molecular weight excluding hydrogens is 300 g/mol. The number of phenols is 1. The van der Waals surface area contributed by atoms with Gasteiger partial charge in [0.2, 0.25) is 0 Å². The molecule has 0 aromatic heterocycles. The van der Waals surface area contributed by atoms with E-state index in [0.29, 0.717) is 12.4 Å². The lowest BCUT2D eigenvalue weighted by Crippen LogP contribution is -2.08. The van der Waals surface area contributed by atoms with E-state index in [1.165, 1.54) is 5.57 Å². The molecule has 0 heterocycles. The molecule has 0 unspecified atom stereocenters. The van der Waals surface area contributed by atoms with Crippen LogP contribution >= 0.6 is 0 Å². The lowest BCUT2D eigenvalue weighted by atomic mass is 9.87. The summed E-state index contributed by atoms with van der Waals surface area (Å²) in [5, 5.41) is 9.81. The third kappa shape index (κ3) is 5.41. The molecule has 0 spiro atoms. The molecule has 0 radical (unpaired) electrons. The number of phenolic OH excluding ortho intramolecular Hbond substituents is 1. The minimum absolute atomic E-state index is 0.0805. The van der Waals surface area contributed by atoms with Crippen LogP contribution in [0.4, 0.5) is 0 Å². The average Bonchev–Trinajstić information content (AvgIpc) is 2.57. The summed E-state index contributed by atoms with van der Waals surface area (Å²) in [6, 6.07) is 6.99. The number of carbonyl (C=O) groups is 1. The van der Waals surface area contributed by atoms with Crippen molar-refractivity contribution >= 4 is 5.78 Å². The number of allylic oxidation sites excluding steroid dienone is 5. The van der Waals surface area contributed by atoms with Crippen LogP contribution < -0.4 is 4.74 Å². The molecule has 1 aromatic carbocycles. The van der Waals surface area contributed by atoms with E-state index in [-0.39, 0.29) is 16.9 Å². The van der Waals surface area contributed by atoms with Gasteiger partial charge in [-0.05, 0) is 61.0 Å². The van der Waals surface area contributed by atoms with Gasteiger partial charge in [-0.25, -0.2) is 0 Å². The van der Waals surface area contributed by atoms with Crippen LogP contribution in [0.15, 0.2) is 59.7 Å². The number of benzene rings is 1. The van der Waals surface area contributed by atoms with E-state index in [1.807, 2.05) is 25.1 Å². The molecule has 1 N–H and O–H groups in total. The van der Waals surface area contributed by atoms with E-state index in [4.69, 9.17) is 4.74 Å². The summed E-state index contributed by atoms with van der Waals surface area (Å²) in [5.41, 5.74) is 1.88. The van der Waals surface area contributed by atoms with Crippen LogP contribution in [-0.2, 0) is 4.79 Å². The van der Waals surface area contributed by atoms with Crippen molar-refractivity contribution in [1.82, 2.24) is 0 Å². The Labute approximate surface area is 144 Å². The highest BCUT2D eigenvalue weighted by Gasteiger charge is 2.15. The van der Waals surface area contributed by atoms with Crippen LogP contribution in [0.3, 0.4) is 0 Å². The van der Waals surface area contributed by atoms with E-state index in [0.717, 1.165) is 24.8 Å². The summed E-state index contributed by atoms with van der Waals surface area (Å²) in [6.45, 7) is 6.54. The fourth-order valence-electron chi connectivity index (χ4n) is 2.47. The third-order valence-corrected chi connectivity index (χ3v) is 4.19. The second kappa shape index (κ2) is 8.00. The van der Waals surface area contributed by atoms with Crippen LogP contribution in [0.25, 0.3) is 0 Å². The molecule has 3 nitrogen and oxygen atoms in total. The number of carbonyl (C=O) groups excluding carboxylic acids is 1. The van der Waals surface area contributed by atoms with E-state index in [9.17, 15) is 9.90 Å².